The van der Waals surface area contributed by atoms with Crippen molar-refractivity contribution in [3.05, 3.63) is 29.6 Å². The maximum Gasteiger partial charge on any atom is 0.231 e. The number of tetrazole rings is 1. The minimum Gasteiger partial charge on any atom is -0.454 e. The van der Waals surface area contributed by atoms with Crippen LogP contribution in [0.3, 0.4) is 0 Å². The van der Waals surface area contributed by atoms with Crippen LogP contribution >= 0.6 is 0 Å². The molecule has 0 amide bonds. The van der Waals surface area contributed by atoms with E-state index in [4.69, 9.17) is 9.47 Å². The highest BCUT2D eigenvalue weighted by Crippen LogP contribution is 2.39. The van der Waals surface area contributed by atoms with E-state index in [0.717, 1.165) is 30.4 Å². The molecule has 0 N–H and O–H groups in total. The Labute approximate surface area is 159 Å². The molecule has 144 valence electrons. The lowest BCUT2D eigenvalue weighted by Gasteiger charge is -2.35. The number of hydrogen-bond donors (Lipinski definition) is 0. The van der Waals surface area contributed by atoms with Crippen molar-refractivity contribution >= 4 is 0 Å². The van der Waals surface area contributed by atoms with E-state index in [1.54, 1.807) is 0 Å². The fraction of sp³-hybridized carbons (Fsp3) is 0.650. The minimum atomic E-state index is 0.0664. The first-order chi connectivity index (χ1) is 13.4. The Hall–Kier alpha value is -2.15. The van der Waals surface area contributed by atoms with Gasteiger partial charge in [-0.25, -0.2) is 4.68 Å². The van der Waals surface area contributed by atoms with E-state index in [0.29, 0.717) is 12.8 Å². The molecule has 1 atom stereocenters. The van der Waals surface area contributed by atoms with Gasteiger partial charge in [-0.15, -0.1) is 5.10 Å². The molecule has 0 spiro atoms. The van der Waals surface area contributed by atoms with E-state index in [9.17, 15) is 0 Å². The normalized spacial score (nSPS) is 22.1. The second-order valence-electron chi connectivity index (χ2n) is 7.89. The molecule has 2 aliphatic heterocycles. The number of benzene rings is 1. The number of rotatable bonds is 4. The molecule has 1 aromatic carbocycles. The van der Waals surface area contributed by atoms with Gasteiger partial charge in [0.1, 0.15) is 0 Å². The Morgan fingerprint density at radius 2 is 1.70 bits per heavy atom. The van der Waals surface area contributed by atoms with Gasteiger partial charge in [0.15, 0.2) is 17.3 Å². The van der Waals surface area contributed by atoms with Crippen LogP contribution in [0.25, 0.3) is 0 Å². The summed E-state index contributed by atoms with van der Waals surface area (Å²) < 4.78 is 13.3. The van der Waals surface area contributed by atoms with Crippen LogP contribution in [0.4, 0.5) is 0 Å². The summed E-state index contributed by atoms with van der Waals surface area (Å²) in [5.74, 6) is 2.62. The van der Waals surface area contributed by atoms with Crippen molar-refractivity contribution in [1.29, 1.82) is 0 Å². The molecule has 1 aromatic heterocycles. The Balaban J connectivity index is 1.53. The summed E-state index contributed by atoms with van der Waals surface area (Å²) in [6, 6.07) is 6.76. The zero-order chi connectivity index (χ0) is 18.1. The monoisotopic (exact) mass is 369 g/mol. The molecule has 0 bridgehead atoms. The topological polar surface area (TPSA) is 65.3 Å². The second kappa shape index (κ2) is 7.46. The number of nitrogens with zero attached hydrogens (tertiary/aromatic N) is 5. The van der Waals surface area contributed by atoms with E-state index in [1.165, 1.54) is 56.9 Å². The quantitative estimate of drug-likeness (QED) is 0.822. The van der Waals surface area contributed by atoms with Gasteiger partial charge in [-0.3, -0.25) is 4.90 Å². The highest BCUT2D eigenvalue weighted by molar-refractivity contribution is 5.46. The summed E-state index contributed by atoms with van der Waals surface area (Å²) in [7, 11) is 0. The van der Waals surface area contributed by atoms with Crippen LogP contribution in [0.15, 0.2) is 18.2 Å². The van der Waals surface area contributed by atoms with Gasteiger partial charge in [0, 0.05) is 0 Å². The lowest BCUT2D eigenvalue weighted by molar-refractivity contribution is 0.170. The molecule has 0 unspecified atom stereocenters. The van der Waals surface area contributed by atoms with E-state index in [2.05, 4.69) is 37.2 Å². The highest BCUT2D eigenvalue weighted by Gasteiger charge is 2.32. The molecule has 3 heterocycles. The number of hydrogen-bond acceptors (Lipinski definition) is 6. The number of likely N-dealkylation sites (tertiary alicyclic amines) is 1. The van der Waals surface area contributed by atoms with Crippen LogP contribution < -0.4 is 9.47 Å². The molecule has 0 radical (unpaired) electrons. The third kappa shape index (κ3) is 3.29. The Morgan fingerprint density at radius 1 is 0.926 bits per heavy atom. The van der Waals surface area contributed by atoms with Gasteiger partial charge in [-0.05, 0) is 66.9 Å². The Kier molecular flexibility index (Phi) is 4.69. The smallest absolute Gasteiger partial charge is 0.231 e. The van der Waals surface area contributed by atoms with Gasteiger partial charge in [0.2, 0.25) is 6.79 Å². The first kappa shape index (κ1) is 17.0. The van der Waals surface area contributed by atoms with Crippen LogP contribution in [-0.2, 0) is 0 Å². The van der Waals surface area contributed by atoms with Crippen molar-refractivity contribution in [3.63, 3.8) is 0 Å². The molecular formula is C20H27N5O2. The second-order valence-corrected chi connectivity index (χ2v) is 7.89. The van der Waals surface area contributed by atoms with E-state index < -0.39 is 0 Å². The van der Waals surface area contributed by atoms with Gasteiger partial charge >= 0.3 is 0 Å². The predicted molar refractivity (Wildman–Crippen MR) is 99.8 cm³/mol. The molecule has 3 aliphatic rings. The molecule has 2 fully saturated rings. The van der Waals surface area contributed by atoms with Crippen molar-refractivity contribution in [3.8, 4) is 11.5 Å². The SMILES string of the molecule is c1cc2c(cc1[C@@H](c1nnnn1C1CCCCC1)N1CCCCC1)OCO2. The summed E-state index contributed by atoms with van der Waals surface area (Å²) in [6.07, 6.45) is 9.96. The minimum absolute atomic E-state index is 0.0664. The molecule has 1 saturated carbocycles. The number of piperidine rings is 1. The zero-order valence-corrected chi connectivity index (χ0v) is 15.7. The molecule has 27 heavy (non-hydrogen) atoms. The highest BCUT2D eigenvalue weighted by atomic mass is 16.7. The maximum atomic E-state index is 5.64. The van der Waals surface area contributed by atoms with Crippen molar-refractivity contribution in [2.45, 2.75) is 63.5 Å². The Bertz CT molecular complexity index is 780. The van der Waals surface area contributed by atoms with E-state index in [-0.39, 0.29) is 6.04 Å². The molecular weight excluding hydrogens is 342 g/mol. The van der Waals surface area contributed by atoms with Gasteiger partial charge < -0.3 is 9.47 Å². The third-order valence-electron chi connectivity index (χ3n) is 6.15. The molecule has 1 saturated heterocycles. The van der Waals surface area contributed by atoms with Crippen LogP contribution in [0.5, 0.6) is 11.5 Å². The first-order valence-corrected chi connectivity index (χ1v) is 10.3. The van der Waals surface area contributed by atoms with Crippen molar-refractivity contribution < 1.29 is 9.47 Å². The Morgan fingerprint density at radius 3 is 2.56 bits per heavy atom. The first-order valence-electron chi connectivity index (χ1n) is 10.3. The average molecular weight is 369 g/mol. The summed E-state index contributed by atoms with van der Waals surface area (Å²) in [4.78, 5) is 2.53. The van der Waals surface area contributed by atoms with Crippen molar-refractivity contribution in [1.82, 2.24) is 25.1 Å². The third-order valence-corrected chi connectivity index (χ3v) is 6.15. The fourth-order valence-corrected chi connectivity index (χ4v) is 4.75. The van der Waals surface area contributed by atoms with Gasteiger partial charge in [0.25, 0.3) is 0 Å². The molecule has 7 heteroatoms. The largest absolute Gasteiger partial charge is 0.454 e. The van der Waals surface area contributed by atoms with Gasteiger partial charge in [-0.1, -0.05) is 31.7 Å². The summed E-state index contributed by atoms with van der Waals surface area (Å²) in [5, 5.41) is 13.0. The van der Waals surface area contributed by atoms with Gasteiger partial charge in [-0.2, -0.15) is 0 Å². The van der Waals surface area contributed by atoms with Crippen LogP contribution in [-0.4, -0.2) is 45.0 Å². The molecule has 1 aliphatic carbocycles. The maximum absolute atomic E-state index is 5.64. The molecule has 5 rings (SSSR count). The van der Waals surface area contributed by atoms with Crippen LogP contribution in [0.2, 0.25) is 0 Å². The number of fused-ring (bicyclic) bond motifs is 1. The summed E-state index contributed by atoms with van der Waals surface area (Å²) in [6.45, 7) is 2.46. The summed E-state index contributed by atoms with van der Waals surface area (Å²) in [5.41, 5.74) is 1.19. The average Bonchev–Trinajstić information content (AvgIpc) is 3.39. The standard InChI is InChI=1S/C20H27N5O2/c1-3-7-16(8-4-1)25-20(21-22-23-25)19(24-11-5-2-6-12-24)15-9-10-17-18(13-15)27-14-26-17/h9-10,13,16,19H,1-8,11-12,14H2/t19-/m0/s1. The summed E-state index contributed by atoms with van der Waals surface area (Å²) >= 11 is 0. The number of aromatic nitrogens is 4. The van der Waals surface area contributed by atoms with Crippen LogP contribution in [0, 0.1) is 0 Å². The lowest BCUT2D eigenvalue weighted by Crippen LogP contribution is -2.36. The van der Waals surface area contributed by atoms with E-state index >= 15 is 0 Å². The molecule has 7 nitrogen and oxygen atoms in total. The van der Waals surface area contributed by atoms with Crippen molar-refractivity contribution in [2.75, 3.05) is 19.9 Å². The van der Waals surface area contributed by atoms with E-state index in [1.807, 2.05) is 6.07 Å². The number of ether oxygens (including phenoxy) is 2. The predicted octanol–water partition coefficient (Wildman–Crippen LogP) is 3.48. The fourth-order valence-electron chi connectivity index (χ4n) is 4.75. The molecule has 2 aromatic rings. The van der Waals surface area contributed by atoms with Gasteiger partial charge in [0.05, 0.1) is 12.1 Å². The lowest BCUT2D eigenvalue weighted by atomic mass is 9.94. The zero-order valence-electron chi connectivity index (χ0n) is 15.7. The van der Waals surface area contributed by atoms with Crippen LogP contribution in [0.1, 0.15) is 74.8 Å². The van der Waals surface area contributed by atoms with Crippen molar-refractivity contribution in [2.24, 2.45) is 0 Å².